The summed E-state index contributed by atoms with van der Waals surface area (Å²) in [6, 6.07) is 6.39. The van der Waals surface area contributed by atoms with Crippen LogP contribution in [0, 0.1) is 11.7 Å². The van der Waals surface area contributed by atoms with Gasteiger partial charge in [-0.25, -0.2) is 4.39 Å². The Morgan fingerprint density at radius 3 is 2.72 bits per heavy atom. The van der Waals surface area contributed by atoms with Gasteiger partial charge in [-0.1, -0.05) is 31.0 Å². The number of hydrogen-bond donors (Lipinski definition) is 0. The molecule has 1 aromatic rings. The quantitative estimate of drug-likeness (QED) is 0.775. The van der Waals surface area contributed by atoms with Gasteiger partial charge in [0.15, 0.2) is 5.78 Å². The largest absolute Gasteiger partial charge is 0.373 e. The zero-order valence-electron chi connectivity index (χ0n) is 10.5. The molecule has 1 aliphatic carbocycles. The van der Waals surface area contributed by atoms with E-state index in [-0.39, 0.29) is 24.6 Å². The molecule has 0 N–H and O–H groups in total. The lowest BCUT2D eigenvalue weighted by atomic mass is 10.1. The maximum absolute atomic E-state index is 13.3. The van der Waals surface area contributed by atoms with Crippen LogP contribution < -0.4 is 0 Å². The molecule has 0 radical (unpaired) electrons. The van der Waals surface area contributed by atoms with Crippen molar-refractivity contribution in [3.05, 3.63) is 35.6 Å². The number of rotatable bonds is 6. The Hall–Kier alpha value is -1.22. The number of Topliss-reactive ketones (excluding diaryl/α,β-unsaturated/α-hetero) is 1. The first-order valence-corrected chi connectivity index (χ1v) is 6.58. The number of carbonyl (C=O) groups excluding carboxylic acids is 1. The highest BCUT2D eigenvalue weighted by Gasteiger charge is 2.15. The summed E-state index contributed by atoms with van der Waals surface area (Å²) in [5, 5.41) is 0. The van der Waals surface area contributed by atoms with Crippen LogP contribution in [0.4, 0.5) is 4.39 Å². The van der Waals surface area contributed by atoms with Gasteiger partial charge in [0, 0.05) is 13.0 Å². The smallest absolute Gasteiger partial charge is 0.162 e. The summed E-state index contributed by atoms with van der Waals surface area (Å²) in [5.41, 5.74) is 0.451. The molecule has 0 atom stereocenters. The van der Waals surface area contributed by atoms with E-state index >= 15 is 0 Å². The number of ether oxygens (including phenoxy) is 1. The first kappa shape index (κ1) is 13.2. The molecule has 0 bridgehead atoms. The van der Waals surface area contributed by atoms with E-state index in [1.807, 2.05) is 0 Å². The topological polar surface area (TPSA) is 26.3 Å². The molecule has 0 unspecified atom stereocenters. The normalized spacial score (nSPS) is 16.1. The molecule has 1 fully saturated rings. The standard InChI is InChI=1S/C15H19FO2/c16-15-8-4-3-7-13(15)9-14(17)11-18-10-12-5-1-2-6-12/h3-4,7-8,12H,1-2,5-6,9-11H2. The van der Waals surface area contributed by atoms with Crippen LogP contribution >= 0.6 is 0 Å². The first-order chi connectivity index (χ1) is 8.75. The molecule has 0 amide bonds. The second-order valence-corrected chi connectivity index (χ2v) is 4.97. The molecule has 1 saturated carbocycles. The van der Waals surface area contributed by atoms with Gasteiger partial charge < -0.3 is 4.74 Å². The fraction of sp³-hybridized carbons (Fsp3) is 0.533. The molecular weight excluding hydrogens is 231 g/mol. The van der Waals surface area contributed by atoms with Crippen LogP contribution in [0.15, 0.2) is 24.3 Å². The summed E-state index contributed by atoms with van der Waals surface area (Å²) >= 11 is 0. The zero-order chi connectivity index (χ0) is 12.8. The zero-order valence-corrected chi connectivity index (χ0v) is 10.5. The lowest BCUT2D eigenvalue weighted by molar-refractivity contribution is -0.123. The van der Waals surface area contributed by atoms with Crippen LogP contribution in [0.3, 0.4) is 0 Å². The van der Waals surface area contributed by atoms with E-state index in [1.54, 1.807) is 18.2 Å². The van der Waals surface area contributed by atoms with Gasteiger partial charge in [0.1, 0.15) is 12.4 Å². The Kier molecular flexibility index (Phi) is 4.88. The summed E-state index contributed by atoms with van der Waals surface area (Å²) in [6.45, 7) is 0.772. The van der Waals surface area contributed by atoms with Crippen molar-refractivity contribution in [3.63, 3.8) is 0 Å². The summed E-state index contributed by atoms with van der Waals surface area (Å²) < 4.78 is 18.7. The van der Waals surface area contributed by atoms with Crippen molar-refractivity contribution in [2.75, 3.05) is 13.2 Å². The van der Waals surface area contributed by atoms with E-state index in [9.17, 15) is 9.18 Å². The predicted octanol–water partition coefficient (Wildman–Crippen LogP) is 3.14. The number of carbonyl (C=O) groups is 1. The monoisotopic (exact) mass is 250 g/mol. The number of ketones is 1. The lowest BCUT2D eigenvalue weighted by Gasteiger charge is -2.09. The molecule has 0 heterocycles. The maximum Gasteiger partial charge on any atom is 0.162 e. The maximum atomic E-state index is 13.3. The van der Waals surface area contributed by atoms with E-state index < -0.39 is 0 Å². The average Bonchev–Trinajstić information content (AvgIpc) is 2.85. The minimum Gasteiger partial charge on any atom is -0.373 e. The predicted molar refractivity (Wildman–Crippen MR) is 67.9 cm³/mol. The Morgan fingerprint density at radius 1 is 1.28 bits per heavy atom. The minimum absolute atomic E-state index is 0.0573. The Bertz CT molecular complexity index is 397. The molecule has 18 heavy (non-hydrogen) atoms. The highest BCUT2D eigenvalue weighted by atomic mass is 19.1. The Balaban J connectivity index is 1.70. The summed E-state index contributed by atoms with van der Waals surface area (Å²) in [7, 11) is 0. The molecule has 0 spiro atoms. The summed E-state index contributed by atoms with van der Waals surface area (Å²) in [6.07, 6.45) is 5.09. The fourth-order valence-electron chi connectivity index (χ4n) is 2.42. The molecule has 2 nitrogen and oxygen atoms in total. The van der Waals surface area contributed by atoms with Gasteiger partial charge in [0.2, 0.25) is 0 Å². The third-order valence-electron chi connectivity index (χ3n) is 3.44. The molecule has 0 aromatic heterocycles. The lowest BCUT2D eigenvalue weighted by Crippen LogP contribution is -2.15. The molecule has 0 saturated heterocycles. The first-order valence-electron chi connectivity index (χ1n) is 6.58. The highest BCUT2D eigenvalue weighted by molar-refractivity contribution is 5.82. The highest BCUT2D eigenvalue weighted by Crippen LogP contribution is 2.24. The van der Waals surface area contributed by atoms with Crippen molar-refractivity contribution >= 4 is 5.78 Å². The number of hydrogen-bond acceptors (Lipinski definition) is 2. The Morgan fingerprint density at radius 2 is 2.00 bits per heavy atom. The van der Waals surface area contributed by atoms with Crippen molar-refractivity contribution in [2.45, 2.75) is 32.1 Å². The van der Waals surface area contributed by atoms with Gasteiger partial charge in [0.25, 0.3) is 0 Å². The van der Waals surface area contributed by atoms with Gasteiger partial charge in [-0.2, -0.15) is 0 Å². The van der Waals surface area contributed by atoms with Gasteiger partial charge >= 0.3 is 0 Å². The Labute approximate surface area is 107 Å². The van der Waals surface area contributed by atoms with Gasteiger partial charge in [-0.3, -0.25) is 4.79 Å². The molecular formula is C15H19FO2. The van der Waals surface area contributed by atoms with Crippen molar-refractivity contribution in [1.29, 1.82) is 0 Å². The third kappa shape index (κ3) is 3.91. The van der Waals surface area contributed by atoms with Crippen LogP contribution in [0.2, 0.25) is 0 Å². The van der Waals surface area contributed by atoms with Crippen LogP contribution in [0.1, 0.15) is 31.2 Å². The van der Waals surface area contributed by atoms with Crippen molar-refractivity contribution < 1.29 is 13.9 Å². The van der Waals surface area contributed by atoms with Gasteiger partial charge in [-0.05, 0) is 30.4 Å². The average molecular weight is 250 g/mol. The molecule has 1 aromatic carbocycles. The molecule has 98 valence electrons. The fourth-order valence-corrected chi connectivity index (χ4v) is 2.42. The third-order valence-corrected chi connectivity index (χ3v) is 3.44. The number of halogens is 1. The van der Waals surface area contributed by atoms with Crippen molar-refractivity contribution in [2.24, 2.45) is 5.92 Å². The minimum atomic E-state index is -0.318. The van der Waals surface area contributed by atoms with Crippen molar-refractivity contribution in [1.82, 2.24) is 0 Å². The van der Waals surface area contributed by atoms with Crippen LogP contribution in [-0.2, 0) is 16.0 Å². The van der Waals surface area contributed by atoms with E-state index in [1.165, 1.54) is 31.7 Å². The van der Waals surface area contributed by atoms with E-state index in [2.05, 4.69) is 0 Å². The van der Waals surface area contributed by atoms with Crippen LogP contribution in [-0.4, -0.2) is 19.0 Å². The summed E-state index contributed by atoms with van der Waals surface area (Å²) in [4.78, 5) is 11.6. The van der Waals surface area contributed by atoms with Gasteiger partial charge in [0.05, 0.1) is 0 Å². The van der Waals surface area contributed by atoms with E-state index in [0.717, 1.165) is 0 Å². The van der Waals surface area contributed by atoms with Crippen LogP contribution in [0.25, 0.3) is 0 Å². The van der Waals surface area contributed by atoms with E-state index in [0.29, 0.717) is 18.1 Å². The second kappa shape index (κ2) is 6.64. The van der Waals surface area contributed by atoms with E-state index in [4.69, 9.17) is 4.74 Å². The number of benzene rings is 1. The molecule has 1 aliphatic rings. The SMILES string of the molecule is O=C(COCC1CCCC1)Cc1ccccc1F. The van der Waals surface area contributed by atoms with Gasteiger partial charge in [-0.15, -0.1) is 0 Å². The molecule has 3 heteroatoms. The second-order valence-electron chi connectivity index (χ2n) is 4.97. The molecule has 2 rings (SSSR count). The van der Waals surface area contributed by atoms with Crippen LogP contribution in [0.5, 0.6) is 0 Å². The summed E-state index contributed by atoms with van der Waals surface area (Å²) in [5.74, 6) is 0.242. The van der Waals surface area contributed by atoms with Crippen molar-refractivity contribution in [3.8, 4) is 0 Å². The molecule has 0 aliphatic heterocycles.